The normalized spacial score (nSPS) is 13.0. The Morgan fingerprint density at radius 2 is 2.17 bits per heavy atom. The van der Waals surface area contributed by atoms with Crippen molar-refractivity contribution in [2.24, 2.45) is 0 Å². The molecule has 1 aliphatic heterocycles. The predicted octanol–water partition coefficient (Wildman–Crippen LogP) is 3.36. The molecule has 0 aliphatic carbocycles. The number of phenols is 1. The Bertz CT molecular complexity index is 983. The molecule has 2 aromatic rings. The zero-order chi connectivity index (χ0) is 21.7. The van der Waals surface area contributed by atoms with Crippen molar-refractivity contribution in [3.63, 3.8) is 0 Å². The van der Waals surface area contributed by atoms with Crippen LogP contribution in [0, 0.1) is 6.92 Å². The maximum absolute atomic E-state index is 12.1. The van der Waals surface area contributed by atoms with Crippen molar-refractivity contribution in [3.05, 3.63) is 64.0 Å². The van der Waals surface area contributed by atoms with E-state index >= 15 is 0 Å². The zero-order valence-corrected chi connectivity index (χ0v) is 17.4. The summed E-state index contributed by atoms with van der Waals surface area (Å²) in [4.78, 5) is 28.2. The van der Waals surface area contributed by atoms with Gasteiger partial charge in [-0.15, -0.1) is 0 Å². The van der Waals surface area contributed by atoms with Crippen molar-refractivity contribution in [2.75, 3.05) is 7.11 Å². The number of esters is 1. The third-order valence-electron chi connectivity index (χ3n) is 5.24. The lowest BCUT2D eigenvalue weighted by Crippen LogP contribution is -2.22. The van der Waals surface area contributed by atoms with Crippen molar-refractivity contribution in [1.82, 2.24) is 10.3 Å². The number of benzene rings is 1. The lowest BCUT2D eigenvalue weighted by molar-refractivity contribution is -0.121. The van der Waals surface area contributed by atoms with E-state index in [4.69, 9.17) is 9.47 Å². The molecule has 30 heavy (non-hydrogen) atoms. The minimum Gasteiger partial charge on any atom is -0.507 e. The molecule has 0 saturated carbocycles. The summed E-state index contributed by atoms with van der Waals surface area (Å²) < 4.78 is 10.6. The van der Waals surface area contributed by atoms with Gasteiger partial charge in [0.05, 0.1) is 19.3 Å². The van der Waals surface area contributed by atoms with Crippen LogP contribution in [0.2, 0.25) is 0 Å². The number of hydrogen-bond donors (Lipinski definition) is 2. The number of carbonyl (C=O) groups excluding carboxylic acids is 2. The molecule has 7 nitrogen and oxygen atoms in total. The molecule has 0 fully saturated rings. The van der Waals surface area contributed by atoms with Gasteiger partial charge in [0.2, 0.25) is 5.91 Å². The van der Waals surface area contributed by atoms with Gasteiger partial charge in [0.1, 0.15) is 23.7 Å². The fourth-order valence-electron chi connectivity index (χ4n) is 3.50. The number of phenolic OH excluding ortho intramolecular Hbond substituents is 1. The number of cyclic esters (lactones) is 1. The van der Waals surface area contributed by atoms with Gasteiger partial charge in [0.25, 0.3) is 0 Å². The average Bonchev–Trinajstić information content (AvgIpc) is 3.15. The Hall–Kier alpha value is -3.35. The number of pyridine rings is 1. The predicted molar refractivity (Wildman–Crippen MR) is 111 cm³/mol. The van der Waals surface area contributed by atoms with Crippen LogP contribution in [0.4, 0.5) is 0 Å². The maximum Gasteiger partial charge on any atom is 0.342 e. The SMILES string of the molecule is COc1c(C)c2c(c(O)c1C/C=C(\C)CCC(=O)NCc1ccccn1)C(=O)OC2. The number of rotatable bonds is 8. The molecule has 2 N–H and O–H groups in total. The first-order valence-electron chi connectivity index (χ1n) is 9.83. The molecule has 158 valence electrons. The van der Waals surface area contributed by atoms with E-state index in [-0.39, 0.29) is 23.8 Å². The highest BCUT2D eigenvalue weighted by Gasteiger charge is 2.31. The second kappa shape index (κ2) is 9.43. The van der Waals surface area contributed by atoms with E-state index < -0.39 is 5.97 Å². The number of allylic oxidation sites excluding steroid dienone is 2. The summed E-state index contributed by atoms with van der Waals surface area (Å²) in [5, 5.41) is 13.5. The Morgan fingerprint density at radius 3 is 2.87 bits per heavy atom. The van der Waals surface area contributed by atoms with Crippen LogP contribution in [0.3, 0.4) is 0 Å². The molecule has 1 aromatic carbocycles. The molecular formula is C23H26N2O5. The number of aromatic nitrogens is 1. The number of hydrogen-bond acceptors (Lipinski definition) is 6. The maximum atomic E-state index is 12.1. The van der Waals surface area contributed by atoms with Crippen molar-refractivity contribution >= 4 is 11.9 Å². The highest BCUT2D eigenvalue weighted by Crippen LogP contribution is 2.42. The van der Waals surface area contributed by atoms with Gasteiger partial charge in [-0.1, -0.05) is 17.7 Å². The third-order valence-corrected chi connectivity index (χ3v) is 5.24. The van der Waals surface area contributed by atoms with Crippen LogP contribution in [0.1, 0.15) is 52.5 Å². The van der Waals surface area contributed by atoms with Crippen LogP contribution in [0.15, 0.2) is 36.0 Å². The van der Waals surface area contributed by atoms with Crippen molar-refractivity contribution < 1.29 is 24.2 Å². The fourth-order valence-corrected chi connectivity index (χ4v) is 3.50. The van der Waals surface area contributed by atoms with Crippen LogP contribution < -0.4 is 10.1 Å². The summed E-state index contributed by atoms with van der Waals surface area (Å²) >= 11 is 0. The molecule has 7 heteroatoms. The molecule has 3 rings (SSSR count). The number of nitrogens with zero attached hydrogens (tertiary/aromatic N) is 1. The second-order valence-electron chi connectivity index (χ2n) is 7.27. The highest BCUT2D eigenvalue weighted by molar-refractivity contribution is 5.98. The first kappa shape index (κ1) is 21.4. The van der Waals surface area contributed by atoms with E-state index in [1.807, 2.05) is 38.1 Å². The van der Waals surface area contributed by atoms with Gasteiger partial charge < -0.3 is 19.9 Å². The number of methoxy groups -OCH3 is 1. The molecule has 0 bridgehead atoms. The minimum absolute atomic E-state index is 0.0510. The number of nitrogens with one attached hydrogen (secondary N) is 1. The van der Waals surface area contributed by atoms with Gasteiger partial charge in [-0.05, 0) is 44.4 Å². The first-order chi connectivity index (χ1) is 14.4. The summed E-state index contributed by atoms with van der Waals surface area (Å²) in [5.74, 6) is -0.0986. The molecule has 1 amide bonds. The number of aromatic hydroxyl groups is 1. The Balaban J connectivity index is 1.63. The van der Waals surface area contributed by atoms with Crippen LogP contribution in [-0.4, -0.2) is 29.1 Å². The van der Waals surface area contributed by atoms with Gasteiger partial charge in [-0.25, -0.2) is 4.79 Å². The Morgan fingerprint density at radius 1 is 1.37 bits per heavy atom. The van der Waals surface area contributed by atoms with E-state index in [0.717, 1.165) is 16.8 Å². The van der Waals surface area contributed by atoms with Gasteiger partial charge >= 0.3 is 5.97 Å². The van der Waals surface area contributed by atoms with Crippen molar-refractivity contribution in [3.8, 4) is 11.5 Å². The number of fused-ring (bicyclic) bond motifs is 1. The van der Waals surface area contributed by atoms with Crippen LogP contribution in [-0.2, 0) is 29.1 Å². The quantitative estimate of drug-likeness (QED) is 0.512. The van der Waals surface area contributed by atoms with Gasteiger partial charge in [0, 0.05) is 23.7 Å². The summed E-state index contributed by atoms with van der Waals surface area (Å²) in [6, 6.07) is 5.57. The van der Waals surface area contributed by atoms with E-state index in [1.54, 1.807) is 6.20 Å². The summed E-state index contributed by atoms with van der Waals surface area (Å²) in [7, 11) is 1.54. The summed E-state index contributed by atoms with van der Waals surface area (Å²) in [6.45, 7) is 4.33. The molecule has 2 heterocycles. The number of carbonyl (C=O) groups is 2. The molecule has 1 aliphatic rings. The third kappa shape index (κ3) is 4.62. The summed E-state index contributed by atoms with van der Waals surface area (Å²) in [6.07, 6.45) is 4.96. The van der Waals surface area contributed by atoms with E-state index in [0.29, 0.717) is 42.7 Å². The van der Waals surface area contributed by atoms with E-state index in [1.165, 1.54) is 7.11 Å². The first-order valence-corrected chi connectivity index (χ1v) is 9.83. The highest BCUT2D eigenvalue weighted by atomic mass is 16.5. The summed E-state index contributed by atoms with van der Waals surface area (Å²) in [5.41, 5.74) is 4.06. The van der Waals surface area contributed by atoms with Gasteiger partial charge in [-0.2, -0.15) is 0 Å². The van der Waals surface area contributed by atoms with E-state index in [9.17, 15) is 14.7 Å². The van der Waals surface area contributed by atoms with Crippen molar-refractivity contribution in [1.29, 1.82) is 0 Å². The largest absolute Gasteiger partial charge is 0.507 e. The van der Waals surface area contributed by atoms with Crippen LogP contribution in [0.5, 0.6) is 11.5 Å². The standard InChI is InChI=1S/C23H26N2O5/c1-14(8-10-19(26)25-12-16-6-4-5-11-24-16)7-9-17-21(27)20-18(13-30-23(20)28)15(2)22(17)29-3/h4-7,11,27H,8-10,12-13H2,1-3H3,(H,25,26)/b14-7+. The monoisotopic (exact) mass is 410 g/mol. The van der Waals surface area contributed by atoms with Crippen molar-refractivity contribution in [2.45, 2.75) is 46.3 Å². The molecular weight excluding hydrogens is 384 g/mol. The molecule has 0 atom stereocenters. The lowest BCUT2D eigenvalue weighted by Gasteiger charge is -2.15. The Kier molecular flexibility index (Phi) is 6.72. The number of ether oxygens (including phenoxy) is 2. The topological polar surface area (TPSA) is 97.8 Å². The molecule has 0 unspecified atom stereocenters. The van der Waals surface area contributed by atoms with Crippen LogP contribution in [0.25, 0.3) is 0 Å². The van der Waals surface area contributed by atoms with Gasteiger partial charge in [-0.3, -0.25) is 9.78 Å². The van der Waals surface area contributed by atoms with E-state index in [2.05, 4.69) is 10.3 Å². The Labute approximate surface area is 175 Å². The average molecular weight is 410 g/mol. The molecule has 0 saturated heterocycles. The molecule has 0 radical (unpaired) electrons. The van der Waals surface area contributed by atoms with Crippen LogP contribution >= 0.6 is 0 Å². The fraction of sp³-hybridized carbons (Fsp3) is 0.348. The minimum atomic E-state index is -0.514. The smallest absolute Gasteiger partial charge is 0.342 e. The molecule has 1 aromatic heterocycles. The lowest BCUT2D eigenvalue weighted by atomic mass is 9.94. The number of amides is 1. The zero-order valence-electron chi connectivity index (χ0n) is 17.4. The van der Waals surface area contributed by atoms with Gasteiger partial charge in [0.15, 0.2) is 0 Å². The molecule has 0 spiro atoms. The second-order valence-corrected chi connectivity index (χ2v) is 7.27.